The summed E-state index contributed by atoms with van der Waals surface area (Å²) in [5.74, 6) is -1.29. The summed E-state index contributed by atoms with van der Waals surface area (Å²) in [5, 5.41) is 17.6. The van der Waals surface area contributed by atoms with Crippen LogP contribution < -0.4 is 10.6 Å². The lowest BCUT2D eigenvalue weighted by Crippen LogP contribution is -2.53. The maximum Gasteiger partial charge on any atom is 0.320 e. The molecule has 0 saturated heterocycles. The molecule has 0 unspecified atom stereocenters. The van der Waals surface area contributed by atoms with Crippen LogP contribution in [0.1, 0.15) is 46.2 Å². The van der Waals surface area contributed by atoms with Gasteiger partial charge in [0, 0.05) is 6.42 Å². The van der Waals surface area contributed by atoms with Gasteiger partial charge in [-0.15, -0.1) is 0 Å². The Balaban J connectivity index is 1.37. The molecule has 0 fully saturated rings. The number of nitrogens with one attached hydrogen (secondary N) is 2. The van der Waals surface area contributed by atoms with Crippen LogP contribution in [-0.4, -0.2) is 23.0 Å². The minimum Gasteiger partial charge on any atom is -0.480 e. The summed E-state index contributed by atoms with van der Waals surface area (Å²) < 4.78 is 0. The normalized spacial score (nSPS) is 12.2. The number of hydrogen-bond acceptors (Lipinski definition) is 3. The molecular formula is C43H38N2O3. The van der Waals surface area contributed by atoms with Crippen LogP contribution in [0.4, 0.5) is 0 Å². The maximum absolute atomic E-state index is 14.1. The second-order valence-electron chi connectivity index (χ2n) is 11.8. The van der Waals surface area contributed by atoms with E-state index in [0.717, 1.165) is 33.4 Å². The Labute approximate surface area is 281 Å². The Bertz CT molecular complexity index is 1710. The van der Waals surface area contributed by atoms with Gasteiger partial charge in [-0.1, -0.05) is 182 Å². The molecule has 0 aliphatic heterocycles. The number of carbonyl (C=O) groups excluding carboxylic acids is 1. The number of aliphatic carboxylic acids is 1. The molecule has 0 aliphatic carbocycles. The van der Waals surface area contributed by atoms with Crippen molar-refractivity contribution in [2.24, 2.45) is 0 Å². The average molecular weight is 631 g/mol. The van der Waals surface area contributed by atoms with Gasteiger partial charge in [-0.3, -0.25) is 14.9 Å². The first-order valence-corrected chi connectivity index (χ1v) is 16.2. The van der Waals surface area contributed by atoms with Gasteiger partial charge in [-0.25, -0.2) is 0 Å². The molecule has 0 saturated carbocycles. The fourth-order valence-corrected chi connectivity index (χ4v) is 6.66. The van der Waals surface area contributed by atoms with Crippen molar-refractivity contribution in [1.82, 2.24) is 10.6 Å². The third-order valence-corrected chi connectivity index (χ3v) is 8.92. The molecule has 3 N–H and O–H groups in total. The van der Waals surface area contributed by atoms with Crippen LogP contribution in [0.25, 0.3) is 0 Å². The van der Waals surface area contributed by atoms with E-state index < -0.39 is 23.1 Å². The van der Waals surface area contributed by atoms with Crippen molar-refractivity contribution in [2.45, 2.75) is 30.0 Å². The average Bonchev–Trinajstić information content (AvgIpc) is 3.16. The van der Waals surface area contributed by atoms with Crippen molar-refractivity contribution in [3.05, 3.63) is 215 Å². The van der Waals surface area contributed by atoms with Gasteiger partial charge < -0.3 is 10.4 Å². The van der Waals surface area contributed by atoms with Crippen LogP contribution in [-0.2, 0) is 20.7 Å². The van der Waals surface area contributed by atoms with Crippen molar-refractivity contribution in [3.63, 3.8) is 0 Å². The van der Waals surface area contributed by atoms with Crippen molar-refractivity contribution in [1.29, 1.82) is 0 Å². The second kappa shape index (κ2) is 14.8. The molecular weight excluding hydrogens is 592 g/mol. The third kappa shape index (κ3) is 6.55. The smallest absolute Gasteiger partial charge is 0.320 e. The SMILES string of the molecule is O=C(CC[C@H](NC(c1ccccc1)(c1ccccc1)c1ccccc1)C(=O)O)NC(c1ccccc1)(c1ccccc1)c1ccccc1. The van der Waals surface area contributed by atoms with Crippen molar-refractivity contribution < 1.29 is 14.7 Å². The predicted octanol–water partition coefficient (Wildman–Crippen LogP) is 7.91. The Morgan fingerprint density at radius 2 is 0.729 bits per heavy atom. The molecule has 0 spiro atoms. The molecule has 238 valence electrons. The number of benzene rings is 6. The van der Waals surface area contributed by atoms with Gasteiger partial charge in [0.1, 0.15) is 11.6 Å². The molecule has 0 heterocycles. The number of hydrogen-bond donors (Lipinski definition) is 3. The van der Waals surface area contributed by atoms with E-state index in [2.05, 4.69) is 10.6 Å². The van der Waals surface area contributed by atoms with Gasteiger partial charge in [-0.05, 0) is 39.8 Å². The van der Waals surface area contributed by atoms with Gasteiger partial charge in [0.15, 0.2) is 0 Å². The van der Waals surface area contributed by atoms with E-state index in [1.54, 1.807) is 0 Å². The third-order valence-electron chi connectivity index (χ3n) is 8.92. The summed E-state index contributed by atoms with van der Waals surface area (Å²) in [6, 6.07) is 58.2. The standard InChI is InChI=1S/C43H38N2O3/c46-40(45-43(36-25-13-4-14-26-36,37-27-15-5-16-28-37)38-29-17-6-18-30-38)32-31-39(41(47)48)44-42(33-19-7-1-8-20-33,34-21-9-2-10-22-34)35-23-11-3-12-24-35/h1-30,39,44H,31-32H2,(H,45,46)(H,47,48)/t39-/m0/s1. The molecule has 6 aromatic carbocycles. The Morgan fingerprint density at radius 1 is 0.458 bits per heavy atom. The molecule has 1 amide bonds. The van der Waals surface area contributed by atoms with Crippen LogP contribution in [0.5, 0.6) is 0 Å². The number of carboxylic acids is 1. The van der Waals surface area contributed by atoms with E-state index in [1.165, 1.54) is 0 Å². The summed E-state index contributed by atoms with van der Waals surface area (Å²) >= 11 is 0. The zero-order chi connectivity index (χ0) is 33.2. The fourth-order valence-electron chi connectivity index (χ4n) is 6.66. The molecule has 0 radical (unpaired) electrons. The highest BCUT2D eigenvalue weighted by atomic mass is 16.4. The first-order valence-electron chi connectivity index (χ1n) is 16.2. The quantitative estimate of drug-likeness (QED) is 0.113. The second-order valence-corrected chi connectivity index (χ2v) is 11.8. The number of carbonyl (C=O) groups is 2. The van der Waals surface area contributed by atoms with Crippen LogP contribution in [0, 0.1) is 0 Å². The first kappa shape index (κ1) is 32.2. The van der Waals surface area contributed by atoms with Gasteiger partial charge in [0.05, 0.1) is 5.54 Å². The van der Waals surface area contributed by atoms with E-state index in [4.69, 9.17) is 0 Å². The number of rotatable bonds is 13. The van der Waals surface area contributed by atoms with Crippen molar-refractivity contribution >= 4 is 11.9 Å². The molecule has 6 rings (SSSR count). The van der Waals surface area contributed by atoms with Crippen LogP contribution >= 0.6 is 0 Å². The van der Waals surface area contributed by atoms with E-state index in [1.807, 2.05) is 182 Å². The molecule has 1 atom stereocenters. The molecule has 5 heteroatoms. The van der Waals surface area contributed by atoms with Crippen molar-refractivity contribution in [3.8, 4) is 0 Å². The molecule has 6 aromatic rings. The molecule has 48 heavy (non-hydrogen) atoms. The van der Waals surface area contributed by atoms with E-state index in [9.17, 15) is 14.7 Å². The summed E-state index contributed by atoms with van der Waals surface area (Å²) in [5.41, 5.74) is 3.41. The Morgan fingerprint density at radius 3 is 1.00 bits per heavy atom. The predicted molar refractivity (Wildman–Crippen MR) is 190 cm³/mol. The number of amides is 1. The Hall–Kier alpha value is -5.78. The lowest BCUT2D eigenvalue weighted by atomic mass is 9.76. The Kier molecular flexibility index (Phi) is 9.89. The maximum atomic E-state index is 14.1. The lowest BCUT2D eigenvalue weighted by molar-refractivity contribution is -0.140. The highest BCUT2D eigenvalue weighted by Gasteiger charge is 2.41. The van der Waals surface area contributed by atoms with Gasteiger partial charge in [0.25, 0.3) is 0 Å². The zero-order valence-electron chi connectivity index (χ0n) is 26.6. The lowest BCUT2D eigenvalue weighted by Gasteiger charge is -2.39. The van der Waals surface area contributed by atoms with Crippen LogP contribution in [0.15, 0.2) is 182 Å². The summed E-state index contributed by atoms with van der Waals surface area (Å²) in [7, 11) is 0. The van der Waals surface area contributed by atoms with E-state index in [0.29, 0.717) is 0 Å². The molecule has 0 aromatic heterocycles. The minimum absolute atomic E-state index is 0.0212. The van der Waals surface area contributed by atoms with Crippen LogP contribution in [0.2, 0.25) is 0 Å². The van der Waals surface area contributed by atoms with Gasteiger partial charge >= 0.3 is 5.97 Å². The summed E-state index contributed by atoms with van der Waals surface area (Å²) in [6.07, 6.45) is 0.0382. The highest BCUT2D eigenvalue weighted by molar-refractivity contribution is 5.81. The first-order chi connectivity index (χ1) is 23.5. The van der Waals surface area contributed by atoms with Gasteiger partial charge in [-0.2, -0.15) is 0 Å². The topological polar surface area (TPSA) is 78.4 Å². The summed E-state index contributed by atoms with van der Waals surface area (Å²) in [6.45, 7) is 0. The van der Waals surface area contributed by atoms with Gasteiger partial charge in [0.2, 0.25) is 5.91 Å². The molecule has 0 aliphatic rings. The van der Waals surface area contributed by atoms with Crippen molar-refractivity contribution in [2.75, 3.05) is 0 Å². The fraction of sp³-hybridized carbons (Fsp3) is 0.116. The monoisotopic (exact) mass is 630 g/mol. The largest absolute Gasteiger partial charge is 0.480 e. The molecule has 5 nitrogen and oxygen atoms in total. The molecule has 0 bridgehead atoms. The zero-order valence-corrected chi connectivity index (χ0v) is 26.6. The minimum atomic E-state index is -1.06. The number of carboxylic acid groups (broad SMARTS) is 1. The summed E-state index contributed by atoms with van der Waals surface area (Å²) in [4.78, 5) is 27.2. The van der Waals surface area contributed by atoms with E-state index in [-0.39, 0.29) is 18.7 Å². The highest BCUT2D eigenvalue weighted by Crippen LogP contribution is 2.39. The van der Waals surface area contributed by atoms with E-state index >= 15 is 0 Å². The van der Waals surface area contributed by atoms with Crippen LogP contribution in [0.3, 0.4) is 0 Å².